The van der Waals surface area contributed by atoms with Gasteiger partial charge in [0.15, 0.2) is 5.11 Å². The number of carbonyl (C=O) groups excluding carboxylic acids is 1. The number of nitrogens with one attached hydrogen (secondary N) is 2. The van der Waals surface area contributed by atoms with Gasteiger partial charge in [-0.15, -0.1) is 0 Å². The van der Waals surface area contributed by atoms with Crippen molar-refractivity contribution in [3.63, 3.8) is 0 Å². The third-order valence-electron chi connectivity index (χ3n) is 4.35. The third-order valence-corrected chi connectivity index (χ3v) is 6.12. The lowest BCUT2D eigenvalue weighted by molar-refractivity contribution is 0.0974. The number of hydrogen-bond donors (Lipinski definition) is 2. The molecule has 0 aliphatic heterocycles. The summed E-state index contributed by atoms with van der Waals surface area (Å²) in [6.07, 6.45) is 0. The highest BCUT2D eigenvalue weighted by atomic mass is 79.9. The van der Waals surface area contributed by atoms with Gasteiger partial charge < -0.3 is 10.1 Å². The Morgan fingerprint density at radius 3 is 2.52 bits per heavy atom. The van der Waals surface area contributed by atoms with Crippen LogP contribution in [0.15, 0.2) is 57.5 Å². The van der Waals surface area contributed by atoms with Gasteiger partial charge in [-0.3, -0.25) is 10.1 Å². The Morgan fingerprint density at radius 2 is 1.84 bits per heavy atom. The van der Waals surface area contributed by atoms with Gasteiger partial charge in [0, 0.05) is 10.2 Å². The fraction of sp³-hybridized carbons (Fsp3) is 0.0909. The Hall–Kier alpha value is -2.00. The van der Waals surface area contributed by atoms with Crippen LogP contribution in [0.1, 0.15) is 21.5 Å². The summed E-state index contributed by atoms with van der Waals surface area (Å²) >= 11 is 18.7. The van der Waals surface area contributed by atoms with Crippen molar-refractivity contribution < 1.29 is 13.9 Å². The third kappa shape index (κ3) is 5.63. The fourth-order valence-electron chi connectivity index (χ4n) is 2.74. The van der Waals surface area contributed by atoms with Crippen molar-refractivity contribution in [1.82, 2.24) is 5.32 Å². The molecule has 0 fully saturated rings. The molecule has 0 saturated heterocycles. The number of aryl methyl sites for hydroxylation is 1. The number of anilines is 1. The van der Waals surface area contributed by atoms with Gasteiger partial charge in [0.05, 0.1) is 15.1 Å². The molecule has 3 rings (SSSR count). The Morgan fingerprint density at radius 1 is 1.13 bits per heavy atom. The molecule has 0 saturated carbocycles. The minimum Gasteiger partial charge on any atom is -0.454 e. The van der Waals surface area contributed by atoms with Crippen LogP contribution in [0.3, 0.4) is 0 Å². The molecular weight excluding hydrogens is 571 g/mol. The normalized spacial score (nSPS) is 10.5. The van der Waals surface area contributed by atoms with Crippen LogP contribution in [0, 0.1) is 19.7 Å². The molecule has 0 bridgehead atoms. The summed E-state index contributed by atoms with van der Waals surface area (Å²) in [7, 11) is 0. The van der Waals surface area contributed by atoms with Crippen molar-refractivity contribution in [2.24, 2.45) is 0 Å². The highest BCUT2D eigenvalue weighted by Gasteiger charge is 2.17. The lowest BCUT2D eigenvalue weighted by Crippen LogP contribution is -2.34. The summed E-state index contributed by atoms with van der Waals surface area (Å²) in [4.78, 5) is 12.3. The van der Waals surface area contributed by atoms with Gasteiger partial charge in [-0.1, -0.05) is 39.7 Å². The second-order valence-electron chi connectivity index (χ2n) is 6.57. The molecule has 0 aliphatic rings. The maximum absolute atomic E-state index is 13.8. The predicted molar refractivity (Wildman–Crippen MR) is 133 cm³/mol. The Labute approximate surface area is 206 Å². The maximum Gasteiger partial charge on any atom is 0.260 e. The SMILES string of the molecule is Cc1cc(NC(=S)NC(=O)c2ccccc2F)c(C)c(Cl)c1Oc1ccc(Br)cc1Br. The van der Waals surface area contributed by atoms with Gasteiger partial charge in [0.25, 0.3) is 5.91 Å². The smallest absolute Gasteiger partial charge is 0.260 e. The number of benzene rings is 3. The Kier molecular flexibility index (Phi) is 7.69. The van der Waals surface area contributed by atoms with E-state index < -0.39 is 11.7 Å². The van der Waals surface area contributed by atoms with Crippen molar-refractivity contribution in [2.45, 2.75) is 13.8 Å². The molecule has 3 aromatic rings. The maximum atomic E-state index is 13.8. The van der Waals surface area contributed by atoms with Gasteiger partial charge in [-0.2, -0.15) is 0 Å². The van der Waals surface area contributed by atoms with Crippen LogP contribution in [0.25, 0.3) is 0 Å². The standard InChI is InChI=1S/C22H16Br2ClFN2O2S/c1-11-9-17(27-22(31)28-21(29)14-5-3-4-6-16(14)26)12(2)19(25)20(11)30-18-8-7-13(23)10-15(18)24/h3-10H,1-2H3,(H2,27,28,29,31). The first-order valence-electron chi connectivity index (χ1n) is 8.97. The second-order valence-corrected chi connectivity index (χ2v) is 9.13. The quantitative estimate of drug-likeness (QED) is 0.310. The highest BCUT2D eigenvalue weighted by Crippen LogP contribution is 2.41. The Balaban J connectivity index is 1.79. The van der Waals surface area contributed by atoms with Crippen LogP contribution < -0.4 is 15.4 Å². The number of amides is 1. The van der Waals surface area contributed by atoms with E-state index >= 15 is 0 Å². The van der Waals surface area contributed by atoms with E-state index in [2.05, 4.69) is 42.5 Å². The van der Waals surface area contributed by atoms with Crippen LogP contribution in [0.2, 0.25) is 5.02 Å². The van der Waals surface area contributed by atoms with Crippen LogP contribution in [0.4, 0.5) is 10.1 Å². The molecule has 1 amide bonds. The van der Waals surface area contributed by atoms with Gasteiger partial charge in [-0.25, -0.2) is 4.39 Å². The summed E-state index contributed by atoms with van der Waals surface area (Å²) in [5.74, 6) is -0.149. The number of thiocarbonyl (C=S) groups is 1. The van der Waals surface area contributed by atoms with E-state index in [-0.39, 0.29) is 10.7 Å². The molecule has 0 unspecified atom stereocenters. The second kappa shape index (κ2) is 10.1. The van der Waals surface area contributed by atoms with E-state index in [1.54, 1.807) is 13.0 Å². The fourth-order valence-corrected chi connectivity index (χ4v) is 4.36. The Bertz CT molecular complexity index is 1190. The van der Waals surface area contributed by atoms with Crippen LogP contribution in [-0.4, -0.2) is 11.0 Å². The van der Waals surface area contributed by atoms with E-state index in [1.807, 2.05) is 31.2 Å². The van der Waals surface area contributed by atoms with Crippen molar-refractivity contribution >= 4 is 72.4 Å². The summed E-state index contributed by atoms with van der Waals surface area (Å²) in [5, 5.41) is 5.85. The highest BCUT2D eigenvalue weighted by molar-refractivity contribution is 9.11. The predicted octanol–water partition coefficient (Wildman–Crippen LogP) is 7.54. The molecule has 0 heterocycles. The molecule has 4 nitrogen and oxygen atoms in total. The first kappa shape index (κ1) is 23.7. The molecular formula is C22H16Br2ClFN2O2S. The van der Waals surface area contributed by atoms with Gasteiger partial charge in [-0.05, 0) is 89.5 Å². The molecule has 3 aromatic carbocycles. The minimum atomic E-state index is -0.642. The van der Waals surface area contributed by atoms with Crippen molar-refractivity contribution in [3.05, 3.63) is 85.0 Å². The monoisotopic (exact) mass is 584 g/mol. The topological polar surface area (TPSA) is 50.4 Å². The van der Waals surface area contributed by atoms with Crippen molar-refractivity contribution in [3.8, 4) is 11.5 Å². The van der Waals surface area contributed by atoms with Gasteiger partial charge in [0.1, 0.15) is 17.3 Å². The number of carbonyl (C=O) groups is 1. The van der Waals surface area contributed by atoms with Gasteiger partial charge in [0.2, 0.25) is 0 Å². The number of rotatable bonds is 4. The van der Waals surface area contributed by atoms with Crippen LogP contribution in [0.5, 0.6) is 11.5 Å². The first-order chi connectivity index (χ1) is 14.7. The molecule has 9 heteroatoms. The average Bonchev–Trinajstić information content (AvgIpc) is 2.70. The molecule has 2 N–H and O–H groups in total. The lowest BCUT2D eigenvalue weighted by atomic mass is 10.1. The van der Waals surface area contributed by atoms with Crippen LogP contribution in [-0.2, 0) is 0 Å². The van der Waals surface area contributed by atoms with Crippen molar-refractivity contribution in [1.29, 1.82) is 0 Å². The first-order valence-corrected chi connectivity index (χ1v) is 11.3. The summed E-state index contributed by atoms with van der Waals surface area (Å²) in [5.41, 5.74) is 1.94. The molecule has 31 heavy (non-hydrogen) atoms. The molecule has 0 atom stereocenters. The van der Waals surface area contributed by atoms with E-state index in [0.717, 1.165) is 14.5 Å². The number of halogens is 4. The zero-order valence-electron chi connectivity index (χ0n) is 16.4. The molecule has 0 radical (unpaired) electrons. The average molecular weight is 587 g/mol. The van der Waals surface area contributed by atoms with E-state index in [1.165, 1.54) is 18.2 Å². The molecule has 0 spiro atoms. The van der Waals surface area contributed by atoms with E-state index in [9.17, 15) is 9.18 Å². The number of hydrogen-bond acceptors (Lipinski definition) is 3. The zero-order chi connectivity index (χ0) is 22.7. The number of ether oxygens (including phenoxy) is 1. The van der Waals surface area contributed by atoms with E-state index in [0.29, 0.717) is 27.8 Å². The van der Waals surface area contributed by atoms with Crippen LogP contribution >= 0.6 is 55.7 Å². The summed E-state index contributed by atoms with van der Waals surface area (Å²) in [6, 6.07) is 13.0. The van der Waals surface area contributed by atoms with Gasteiger partial charge >= 0.3 is 0 Å². The molecule has 160 valence electrons. The minimum absolute atomic E-state index is 0.0242. The van der Waals surface area contributed by atoms with E-state index in [4.69, 9.17) is 28.6 Å². The lowest BCUT2D eigenvalue weighted by Gasteiger charge is -2.18. The summed E-state index contributed by atoms with van der Waals surface area (Å²) in [6.45, 7) is 3.65. The zero-order valence-corrected chi connectivity index (χ0v) is 21.1. The van der Waals surface area contributed by atoms with Crippen molar-refractivity contribution in [2.75, 3.05) is 5.32 Å². The molecule has 0 aliphatic carbocycles. The molecule has 0 aromatic heterocycles. The largest absolute Gasteiger partial charge is 0.454 e. The summed E-state index contributed by atoms with van der Waals surface area (Å²) < 4.78 is 21.5.